The minimum absolute atomic E-state index is 0.266. The van der Waals surface area contributed by atoms with Gasteiger partial charge in [0.15, 0.2) is 0 Å². The van der Waals surface area contributed by atoms with E-state index in [1.807, 2.05) is 20.8 Å². The van der Waals surface area contributed by atoms with Crippen LogP contribution >= 0.6 is 0 Å². The summed E-state index contributed by atoms with van der Waals surface area (Å²) in [6.45, 7) is 5.65. The Kier molecular flexibility index (Phi) is 3.90. The molecule has 112 valence electrons. The molecule has 0 aliphatic heterocycles. The van der Waals surface area contributed by atoms with Gasteiger partial charge >= 0.3 is 0 Å². The van der Waals surface area contributed by atoms with E-state index in [4.69, 9.17) is 0 Å². The number of aryl methyl sites for hydroxylation is 1. The Hall–Kier alpha value is -2.48. The molecule has 0 saturated heterocycles. The molecule has 1 aromatic heterocycles. The van der Waals surface area contributed by atoms with Crippen LogP contribution in [-0.4, -0.2) is 36.9 Å². The van der Waals surface area contributed by atoms with Crippen LogP contribution in [0.1, 0.15) is 31.1 Å². The molecule has 8 nitrogen and oxygen atoms in total. The Morgan fingerprint density at radius 3 is 2.38 bits per heavy atom. The lowest BCUT2D eigenvalue weighted by Crippen LogP contribution is -2.38. The van der Waals surface area contributed by atoms with Crippen molar-refractivity contribution in [3.63, 3.8) is 0 Å². The fourth-order valence-electron chi connectivity index (χ4n) is 1.65. The second kappa shape index (κ2) is 5.49. The number of rotatable bonds is 3. The number of anilines is 2. The number of benzene rings is 1. The van der Waals surface area contributed by atoms with Gasteiger partial charge in [0.25, 0.3) is 5.91 Å². The van der Waals surface area contributed by atoms with Crippen LogP contribution in [0.25, 0.3) is 0 Å². The number of tetrazole rings is 1. The molecule has 0 unspecified atom stereocenters. The number of nitrogens with zero attached hydrogens (tertiary/aromatic N) is 5. The fraction of sp³-hybridized carbons (Fsp3) is 0.385. The number of nitrogens with one attached hydrogen (secondary N) is 1. The van der Waals surface area contributed by atoms with Crippen LogP contribution in [0.4, 0.5) is 11.6 Å². The Morgan fingerprint density at radius 2 is 1.90 bits per heavy atom. The van der Waals surface area contributed by atoms with Gasteiger partial charge in [-0.2, -0.15) is 0 Å². The first-order valence-electron chi connectivity index (χ1n) is 6.42. The van der Waals surface area contributed by atoms with Crippen LogP contribution in [-0.2, 0) is 7.05 Å². The minimum Gasteiger partial charge on any atom is -0.289 e. The molecule has 0 radical (unpaired) electrons. The van der Waals surface area contributed by atoms with Crippen LogP contribution in [0, 0.1) is 0 Å². The van der Waals surface area contributed by atoms with E-state index in [9.17, 15) is 10.0 Å². The molecule has 8 heteroatoms. The summed E-state index contributed by atoms with van der Waals surface area (Å²) in [7, 11) is 1.63. The molecule has 21 heavy (non-hydrogen) atoms. The van der Waals surface area contributed by atoms with Gasteiger partial charge in [-0.25, -0.2) is 4.68 Å². The quantitative estimate of drug-likeness (QED) is 0.831. The number of carbonyl (C=O) groups is 1. The first kappa shape index (κ1) is 14.9. The van der Waals surface area contributed by atoms with Crippen molar-refractivity contribution in [1.29, 1.82) is 0 Å². The summed E-state index contributed by atoms with van der Waals surface area (Å²) in [6, 6.07) is 6.61. The van der Waals surface area contributed by atoms with E-state index in [1.54, 1.807) is 31.3 Å². The van der Waals surface area contributed by atoms with Gasteiger partial charge in [0.1, 0.15) is 0 Å². The van der Waals surface area contributed by atoms with Crippen LogP contribution in [0.3, 0.4) is 0 Å². The summed E-state index contributed by atoms with van der Waals surface area (Å²) in [5.74, 6) is -0.0535. The molecule has 0 spiro atoms. The highest BCUT2D eigenvalue weighted by molar-refractivity contribution is 6.03. The Bertz CT molecular complexity index is 629. The van der Waals surface area contributed by atoms with Crippen molar-refractivity contribution in [2.75, 3.05) is 10.4 Å². The molecule has 0 aliphatic rings. The van der Waals surface area contributed by atoms with Gasteiger partial charge in [-0.1, -0.05) is 5.10 Å². The van der Waals surface area contributed by atoms with Gasteiger partial charge < -0.3 is 0 Å². The number of carbonyl (C=O) groups excluding carboxylic acids is 1. The molecule has 2 rings (SSSR count). The van der Waals surface area contributed by atoms with E-state index >= 15 is 0 Å². The maximum absolute atomic E-state index is 12.0. The molecule has 0 saturated carbocycles. The third kappa shape index (κ3) is 3.34. The largest absolute Gasteiger partial charge is 0.289 e. The lowest BCUT2D eigenvalue weighted by Gasteiger charge is -2.31. The summed E-state index contributed by atoms with van der Waals surface area (Å²) in [5, 5.41) is 24.5. The number of aromatic nitrogens is 4. The van der Waals surface area contributed by atoms with Crippen molar-refractivity contribution in [3.05, 3.63) is 29.8 Å². The first-order chi connectivity index (χ1) is 9.79. The highest BCUT2D eigenvalue weighted by atomic mass is 16.5. The van der Waals surface area contributed by atoms with E-state index in [-0.39, 0.29) is 11.9 Å². The smallest absolute Gasteiger partial charge is 0.258 e. The van der Waals surface area contributed by atoms with Gasteiger partial charge in [0.2, 0.25) is 5.95 Å². The summed E-state index contributed by atoms with van der Waals surface area (Å²) < 4.78 is 1.36. The summed E-state index contributed by atoms with van der Waals surface area (Å²) in [6.07, 6.45) is 0. The lowest BCUT2D eigenvalue weighted by atomic mass is 10.1. The van der Waals surface area contributed by atoms with E-state index < -0.39 is 5.54 Å². The maximum Gasteiger partial charge on any atom is 0.258 e. The summed E-state index contributed by atoms with van der Waals surface area (Å²) in [4.78, 5) is 12.0. The summed E-state index contributed by atoms with van der Waals surface area (Å²) in [5.41, 5.74) is 0.636. The summed E-state index contributed by atoms with van der Waals surface area (Å²) >= 11 is 0. The van der Waals surface area contributed by atoms with Gasteiger partial charge in [-0.3, -0.25) is 20.4 Å². The highest BCUT2D eigenvalue weighted by Crippen LogP contribution is 2.21. The zero-order valence-electron chi connectivity index (χ0n) is 12.4. The molecule has 1 heterocycles. The minimum atomic E-state index is -0.423. The van der Waals surface area contributed by atoms with Crippen LogP contribution in [0.15, 0.2) is 24.3 Å². The van der Waals surface area contributed by atoms with Crippen molar-refractivity contribution < 1.29 is 10.0 Å². The number of amides is 1. The Morgan fingerprint density at radius 1 is 1.29 bits per heavy atom. The lowest BCUT2D eigenvalue weighted by molar-refractivity contribution is 0.102. The van der Waals surface area contributed by atoms with Crippen LogP contribution in [0.5, 0.6) is 0 Å². The molecular weight excluding hydrogens is 272 g/mol. The molecule has 1 amide bonds. The molecule has 0 aliphatic carbocycles. The zero-order chi connectivity index (χ0) is 15.6. The average molecular weight is 290 g/mol. The number of hydrogen-bond acceptors (Lipinski definition) is 6. The molecule has 0 atom stereocenters. The standard InChI is InChI=1S/C13H18N6O2/c1-13(2,3)19(21)10-7-5-9(6-8-10)11(20)14-12-15-16-17-18(12)4/h5-8,21H,1-4H3,(H,14,15,17,20). The molecule has 2 N–H and O–H groups in total. The van der Waals surface area contributed by atoms with Crippen LogP contribution in [0.2, 0.25) is 0 Å². The predicted octanol–water partition coefficient (Wildman–Crippen LogP) is 1.46. The van der Waals surface area contributed by atoms with Crippen molar-refractivity contribution in [2.24, 2.45) is 7.05 Å². The third-order valence-corrected chi connectivity index (χ3v) is 2.85. The second-order valence-corrected chi connectivity index (χ2v) is 5.61. The topological polar surface area (TPSA) is 96.2 Å². The average Bonchev–Trinajstić information content (AvgIpc) is 2.82. The van der Waals surface area contributed by atoms with Gasteiger partial charge in [-0.05, 0) is 55.5 Å². The predicted molar refractivity (Wildman–Crippen MR) is 77.2 cm³/mol. The van der Waals surface area contributed by atoms with Gasteiger partial charge in [0.05, 0.1) is 11.2 Å². The maximum atomic E-state index is 12.0. The van der Waals surface area contributed by atoms with E-state index in [2.05, 4.69) is 20.8 Å². The van der Waals surface area contributed by atoms with E-state index in [1.165, 1.54) is 4.68 Å². The van der Waals surface area contributed by atoms with Crippen molar-refractivity contribution in [3.8, 4) is 0 Å². The second-order valence-electron chi connectivity index (χ2n) is 5.61. The van der Waals surface area contributed by atoms with Crippen molar-refractivity contribution >= 4 is 17.5 Å². The van der Waals surface area contributed by atoms with Gasteiger partial charge in [-0.15, -0.1) is 0 Å². The van der Waals surface area contributed by atoms with Crippen molar-refractivity contribution in [1.82, 2.24) is 20.2 Å². The van der Waals surface area contributed by atoms with E-state index in [0.29, 0.717) is 11.3 Å². The van der Waals surface area contributed by atoms with Crippen LogP contribution < -0.4 is 10.4 Å². The van der Waals surface area contributed by atoms with E-state index in [0.717, 1.165) is 5.06 Å². The van der Waals surface area contributed by atoms with Crippen molar-refractivity contribution in [2.45, 2.75) is 26.3 Å². The van der Waals surface area contributed by atoms with Gasteiger partial charge in [0, 0.05) is 12.6 Å². The highest BCUT2D eigenvalue weighted by Gasteiger charge is 2.20. The molecule has 0 bridgehead atoms. The third-order valence-electron chi connectivity index (χ3n) is 2.85. The number of hydrogen-bond donors (Lipinski definition) is 2. The first-order valence-corrected chi connectivity index (χ1v) is 6.42. The SMILES string of the molecule is Cn1nnnc1NC(=O)c1ccc(N(O)C(C)(C)C)cc1. The fourth-order valence-corrected chi connectivity index (χ4v) is 1.65. The Balaban J connectivity index is 2.12. The number of hydroxylamine groups is 1. The molecule has 1 aromatic carbocycles. The Labute approximate surface area is 122 Å². The zero-order valence-corrected chi connectivity index (χ0v) is 12.4. The molecular formula is C13H18N6O2. The molecule has 0 fully saturated rings. The monoisotopic (exact) mass is 290 g/mol. The normalized spacial score (nSPS) is 11.3. The molecule has 2 aromatic rings.